The summed E-state index contributed by atoms with van der Waals surface area (Å²) in [4.78, 5) is 5.00. The Morgan fingerprint density at radius 2 is 1.77 bits per heavy atom. The van der Waals surface area contributed by atoms with Crippen LogP contribution in [0.3, 0.4) is 0 Å². The Morgan fingerprint density at radius 3 is 2.37 bits per heavy atom. The van der Waals surface area contributed by atoms with Gasteiger partial charge < -0.3 is 9.30 Å². The molecule has 2 aromatic carbocycles. The number of aromatic nitrogens is 2. The molecule has 3 aromatic rings. The second-order valence-electron chi connectivity index (χ2n) is 9.12. The molecule has 0 aliphatic carbocycles. The Hall–Kier alpha value is -1.76. The van der Waals surface area contributed by atoms with Crippen molar-refractivity contribution in [2.24, 2.45) is 0 Å². The maximum atomic E-state index is 13.5. The number of nitrogens with zero attached hydrogens (tertiary/aromatic N) is 2. The van der Waals surface area contributed by atoms with E-state index in [0.717, 1.165) is 45.5 Å². The lowest BCUT2D eigenvalue weighted by Gasteiger charge is -2.18. The Morgan fingerprint density at radius 1 is 1.07 bits per heavy atom. The first-order valence-electron chi connectivity index (χ1n) is 10.4. The molecule has 0 radical (unpaired) electrons. The molecule has 0 spiro atoms. The molecule has 0 aliphatic rings. The van der Waals surface area contributed by atoms with Crippen molar-refractivity contribution in [2.75, 3.05) is 6.61 Å². The average Bonchev–Trinajstić information content (AvgIpc) is 3.05. The van der Waals surface area contributed by atoms with Gasteiger partial charge in [-0.2, -0.15) is 0 Å². The molecule has 30 heavy (non-hydrogen) atoms. The molecule has 0 amide bonds. The van der Waals surface area contributed by atoms with Gasteiger partial charge in [0.2, 0.25) is 0 Å². The first-order valence-corrected chi connectivity index (χ1v) is 14.9. The van der Waals surface area contributed by atoms with Gasteiger partial charge in [0.1, 0.15) is 18.4 Å². The zero-order valence-electron chi connectivity index (χ0n) is 18.4. The van der Waals surface area contributed by atoms with Crippen LogP contribution in [0.25, 0.3) is 22.5 Å². The van der Waals surface area contributed by atoms with Gasteiger partial charge in [-0.05, 0) is 42.4 Å². The van der Waals surface area contributed by atoms with Crippen LogP contribution >= 0.6 is 15.9 Å². The third kappa shape index (κ3) is 5.68. The van der Waals surface area contributed by atoms with E-state index in [0.29, 0.717) is 6.73 Å². The van der Waals surface area contributed by atoms with Crippen molar-refractivity contribution in [3.63, 3.8) is 0 Å². The Labute approximate surface area is 188 Å². The van der Waals surface area contributed by atoms with Crippen molar-refractivity contribution in [1.82, 2.24) is 9.55 Å². The summed E-state index contributed by atoms with van der Waals surface area (Å²) in [6, 6.07) is 15.9. The van der Waals surface area contributed by atoms with Gasteiger partial charge in [-0.1, -0.05) is 61.6 Å². The van der Waals surface area contributed by atoms with Crippen molar-refractivity contribution >= 4 is 24.0 Å². The zero-order valence-corrected chi connectivity index (χ0v) is 21.0. The third-order valence-electron chi connectivity index (χ3n) is 4.95. The minimum Gasteiger partial charge on any atom is -0.361 e. The summed E-state index contributed by atoms with van der Waals surface area (Å²) in [7, 11) is -1.16. The molecule has 0 atom stereocenters. The highest BCUT2D eigenvalue weighted by Gasteiger charge is 2.22. The van der Waals surface area contributed by atoms with E-state index in [4.69, 9.17) is 9.72 Å². The lowest BCUT2D eigenvalue weighted by atomic mass is 10.0. The maximum absolute atomic E-state index is 13.5. The summed E-state index contributed by atoms with van der Waals surface area (Å²) in [6.07, 6.45) is 0. The maximum Gasteiger partial charge on any atom is 0.124 e. The van der Waals surface area contributed by atoms with E-state index in [9.17, 15) is 4.39 Å². The molecule has 0 bridgehead atoms. The number of imidazole rings is 1. The monoisotopic (exact) mass is 488 g/mol. The van der Waals surface area contributed by atoms with E-state index in [2.05, 4.69) is 66.1 Å². The summed E-state index contributed by atoms with van der Waals surface area (Å²) >= 11 is 3.59. The lowest BCUT2D eigenvalue weighted by Crippen LogP contribution is -2.22. The van der Waals surface area contributed by atoms with E-state index in [1.54, 1.807) is 12.1 Å². The van der Waals surface area contributed by atoms with Crippen molar-refractivity contribution in [3.05, 3.63) is 64.6 Å². The fraction of sp³-hybridized carbons (Fsp3) is 0.375. The van der Waals surface area contributed by atoms with E-state index < -0.39 is 8.07 Å². The number of ether oxygens (including phenoxy) is 1. The van der Waals surface area contributed by atoms with Crippen LogP contribution in [0.2, 0.25) is 25.7 Å². The van der Waals surface area contributed by atoms with Gasteiger partial charge in [-0.25, -0.2) is 9.37 Å². The normalized spacial score (nSPS) is 12.0. The van der Waals surface area contributed by atoms with Gasteiger partial charge in [0.15, 0.2) is 0 Å². The van der Waals surface area contributed by atoms with Gasteiger partial charge in [-0.3, -0.25) is 0 Å². The minimum absolute atomic E-state index is 0.227. The minimum atomic E-state index is -1.16. The molecule has 3 rings (SSSR count). The number of hydrogen-bond donors (Lipinski definition) is 0. The highest BCUT2D eigenvalue weighted by Crippen LogP contribution is 2.36. The standard InChI is InChI=1S/C24H30BrFN2OSi/c1-17(2)24-27-22(18-9-11-21(26)12-10-18)23(19-7-6-8-20(25)15-19)28(24)16-29-13-14-30(3,4)5/h6-12,15,17H,13-14,16H2,1-5H3. The van der Waals surface area contributed by atoms with E-state index in [1.165, 1.54) is 12.1 Å². The van der Waals surface area contributed by atoms with Gasteiger partial charge >= 0.3 is 0 Å². The molecule has 0 aliphatic heterocycles. The number of rotatable bonds is 8. The molecule has 0 saturated heterocycles. The quantitative estimate of drug-likeness (QED) is 0.241. The predicted molar refractivity (Wildman–Crippen MR) is 129 cm³/mol. The van der Waals surface area contributed by atoms with Crippen LogP contribution in [0.5, 0.6) is 0 Å². The molecular weight excluding hydrogens is 459 g/mol. The second kappa shape index (κ2) is 9.58. The van der Waals surface area contributed by atoms with Crippen molar-refractivity contribution in [2.45, 2.75) is 52.2 Å². The molecular formula is C24H30BrFN2OSi. The first kappa shape index (κ1) is 22.9. The number of benzene rings is 2. The highest BCUT2D eigenvalue weighted by atomic mass is 79.9. The van der Waals surface area contributed by atoms with Crippen LogP contribution in [0.1, 0.15) is 25.6 Å². The molecule has 160 valence electrons. The van der Waals surface area contributed by atoms with Crippen LogP contribution in [0.15, 0.2) is 53.0 Å². The van der Waals surface area contributed by atoms with Crippen LogP contribution in [-0.4, -0.2) is 24.2 Å². The second-order valence-corrected chi connectivity index (χ2v) is 15.7. The number of hydrogen-bond acceptors (Lipinski definition) is 2. The van der Waals surface area contributed by atoms with Crippen molar-refractivity contribution < 1.29 is 9.13 Å². The molecule has 0 unspecified atom stereocenters. The summed E-state index contributed by atoms with van der Waals surface area (Å²) in [5.74, 6) is 0.948. The van der Waals surface area contributed by atoms with E-state index >= 15 is 0 Å². The zero-order chi connectivity index (χ0) is 21.9. The first-order chi connectivity index (χ1) is 14.2. The summed E-state index contributed by atoms with van der Waals surface area (Å²) in [5, 5.41) is 0. The molecule has 0 fully saturated rings. The highest BCUT2D eigenvalue weighted by molar-refractivity contribution is 9.10. The molecule has 1 aromatic heterocycles. The fourth-order valence-electron chi connectivity index (χ4n) is 3.31. The van der Waals surface area contributed by atoms with Crippen LogP contribution < -0.4 is 0 Å². The van der Waals surface area contributed by atoms with Gasteiger partial charge in [0.05, 0.1) is 11.4 Å². The molecule has 0 saturated carbocycles. The predicted octanol–water partition coefficient (Wildman–Crippen LogP) is 7.55. The summed E-state index contributed by atoms with van der Waals surface area (Å²) in [6.45, 7) is 12.5. The van der Waals surface area contributed by atoms with Crippen molar-refractivity contribution in [1.29, 1.82) is 0 Å². The Bertz CT molecular complexity index is 993. The molecule has 3 nitrogen and oxygen atoms in total. The van der Waals surface area contributed by atoms with E-state index in [-0.39, 0.29) is 11.7 Å². The fourth-order valence-corrected chi connectivity index (χ4v) is 4.47. The summed E-state index contributed by atoms with van der Waals surface area (Å²) in [5.41, 5.74) is 3.80. The Balaban J connectivity index is 2.09. The lowest BCUT2D eigenvalue weighted by molar-refractivity contribution is 0.0857. The van der Waals surface area contributed by atoms with Gasteiger partial charge in [0, 0.05) is 36.2 Å². The topological polar surface area (TPSA) is 27.1 Å². The van der Waals surface area contributed by atoms with Gasteiger partial charge in [0.25, 0.3) is 0 Å². The van der Waals surface area contributed by atoms with E-state index in [1.807, 2.05) is 12.1 Å². The summed E-state index contributed by atoms with van der Waals surface area (Å²) < 4.78 is 22.9. The van der Waals surface area contributed by atoms with Crippen molar-refractivity contribution in [3.8, 4) is 22.5 Å². The van der Waals surface area contributed by atoms with Gasteiger partial charge in [-0.15, -0.1) is 0 Å². The molecule has 1 heterocycles. The largest absolute Gasteiger partial charge is 0.361 e. The smallest absolute Gasteiger partial charge is 0.124 e. The number of halogens is 2. The molecule has 0 N–H and O–H groups in total. The van der Waals surface area contributed by atoms with Crippen LogP contribution in [-0.2, 0) is 11.5 Å². The molecule has 6 heteroatoms. The van der Waals surface area contributed by atoms with Crippen LogP contribution in [0.4, 0.5) is 4.39 Å². The average molecular weight is 490 g/mol. The van der Waals surface area contributed by atoms with Crippen LogP contribution in [0, 0.1) is 5.82 Å². The Kier molecular flexibility index (Phi) is 7.32. The SMILES string of the molecule is CC(C)c1nc(-c2ccc(F)cc2)c(-c2cccc(Br)c2)n1COCC[Si](C)(C)C. The third-order valence-corrected chi connectivity index (χ3v) is 7.14.